The first-order chi connectivity index (χ1) is 14.4. The number of aromatic nitrogens is 2. The number of carbonyl (C=O) groups excluding carboxylic acids is 1. The van der Waals surface area contributed by atoms with Crippen molar-refractivity contribution in [2.75, 3.05) is 26.3 Å². The number of rotatable bonds is 8. The van der Waals surface area contributed by atoms with E-state index in [0.717, 1.165) is 12.8 Å². The van der Waals surface area contributed by atoms with Crippen molar-refractivity contribution in [3.8, 4) is 0 Å². The largest absolute Gasteiger partial charge is 0.379 e. The predicted octanol–water partition coefficient (Wildman–Crippen LogP) is 2.60. The Morgan fingerprint density at radius 1 is 1.27 bits per heavy atom. The number of amides is 1. The molecule has 0 bridgehead atoms. The van der Waals surface area contributed by atoms with Gasteiger partial charge in [-0.15, -0.1) is 0 Å². The first-order valence-electron chi connectivity index (χ1n) is 10.0. The topological polar surface area (TPSA) is 93.5 Å². The van der Waals surface area contributed by atoms with Crippen molar-refractivity contribution in [3.63, 3.8) is 0 Å². The van der Waals surface area contributed by atoms with Gasteiger partial charge in [-0.05, 0) is 25.0 Å². The average Bonchev–Trinajstić information content (AvgIpc) is 3.04. The summed E-state index contributed by atoms with van der Waals surface area (Å²) in [6.07, 6.45) is 1.90. The molecule has 30 heavy (non-hydrogen) atoms. The molecule has 1 aromatic heterocycles. The van der Waals surface area contributed by atoms with E-state index in [0.29, 0.717) is 54.8 Å². The Morgan fingerprint density at radius 3 is 2.67 bits per heavy atom. The van der Waals surface area contributed by atoms with E-state index in [9.17, 15) is 13.2 Å². The zero-order valence-electron chi connectivity index (χ0n) is 17.2. The lowest BCUT2D eigenvalue weighted by Gasteiger charge is -2.27. The van der Waals surface area contributed by atoms with Crippen LogP contribution in [0.25, 0.3) is 0 Å². The molecule has 1 fully saturated rings. The van der Waals surface area contributed by atoms with Crippen LogP contribution < -0.4 is 5.32 Å². The number of hydrogen-bond donors (Lipinski definition) is 1. The summed E-state index contributed by atoms with van der Waals surface area (Å²) in [6, 6.07) is 6.69. The van der Waals surface area contributed by atoms with Gasteiger partial charge in [-0.1, -0.05) is 43.1 Å². The molecule has 0 aliphatic carbocycles. The Hall–Kier alpha value is -1.94. The van der Waals surface area contributed by atoms with Crippen LogP contribution in [0.1, 0.15) is 41.4 Å². The molecule has 1 aromatic carbocycles. The molecule has 0 spiro atoms. The molecule has 10 heteroatoms. The van der Waals surface area contributed by atoms with E-state index in [1.54, 1.807) is 35.9 Å². The summed E-state index contributed by atoms with van der Waals surface area (Å²) < 4.78 is 34.4. The molecule has 1 amide bonds. The van der Waals surface area contributed by atoms with Gasteiger partial charge in [0.15, 0.2) is 0 Å². The molecular weight excluding hydrogens is 428 g/mol. The van der Waals surface area contributed by atoms with E-state index in [1.165, 1.54) is 4.31 Å². The number of unbranched alkanes of at least 4 members (excludes halogenated alkanes) is 1. The molecule has 1 aliphatic heterocycles. The molecule has 0 saturated carbocycles. The highest BCUT2D eigenvalue weighted by Crippen LogP contribution is 2.23. The fraction of sp³-hybridized carbons (Fsp3) is 0.500. The molecule has 0 radical (unpaired) electrons. The lowest BCUT2D eigenvalue weighted by Crippen LogP contribution is -2.41. The average molecular weight is 455 g/mol. The van der Waals surface area contributed by atoms with Gasteiger partial charge < -0.3 is 10.1 Å². The van der Waals surface area contributed by atoms with E-state index < -0.39 is 10.0 Å². The van der Waals surface area contributed by atoms with Gasteiger partial charge in [-0.2, -0.15) is 9.40 Å². The highest BCUT2D eigenvalue weighted by atomic mass is 35.5. The summed E-state index contributed by atoms with van der Waals surface area (Å²) in [7, 11) is -3.67. The third kappa shape index (κ3) is 4.85. The van der Waals surface area contributed by atoms with Crippen molar-refractivity contribution >= 4 is 27.5 Å². The molecule has 2 heterocycles. The molecule has 1 saturated heterocycles. The van der Waals surface area contributed by atoms with Gasteiger partial charge in [0.05, 0.1) is 29.4 Å². The number of hydrogen-bond acceptors (Lipinski definition) is 5. The highest BCUT2D eigenvalue weighted by Gasteiger charge is 2.28. The van der Waals surface area contributed by atoms with Crippen LogP contribution >= 0.6 is 11.6 Å². The van der Waals surface area contributed by atoms with Crippen LogP contribution in [0, 0.1) is 6.92 Å². The number of carbonyl (C=O) groups is 1. The first-order valence-corrected chi connectivity index (χ1v) is 11.8. The van der Waals surface area contributed by atoms with Crippen molar-refractivity contribution in [3.05, 3.63) is 46.2 Å². The number of ether oxygens (including phenoxy) is 1. The lowest BCUT2D eigenvalue weighted by molar-refractivity contribution is 0.0730. The number of aryl methyl sites for hydroxylation is 2. The Labute approximate surface area is 182 Å². The maximum absolute atomic E-state index is 13.1. The van der Waals surface area contributed by atoms with Crippen LogP contribution in [0.4, 0.5) is 0 Å². The van der Waals surface area contributed by atoms with E-state index in [-0.39, 0.29) is 17.3 Å². The van der Waals surface area contributed by atoms with Crippen molar-refractivity contribution in [1.82, 2.24) is 19.4 Å². The fourth-order valence-corrected chi connectivity index (χ4v) is 5.33. The molecule has 1 N–H and O–H groups in total. The normalized spacial score (nSPS) is 15.3. The number of morpholine rings is 1. The lowest BCUT2D eigenvalue weighted by atomic mass is 10.2. The fourth-order valence-electron chi connectivity index (χ4n) is 3.36. The molecule has 0 atom stereocenters. The molecule has 3 rings (SSSR count). The van der Waals surface area contributed by atoms with Crippen molar-refractivity contribution < 1.29 is 17.9 Å². The number of nitrogens with one attached hydrogen (secondary N) is 1. The highest BCUT2D eigenvalue weighted by molar-refractivity contribution is 7.89. The molecule has 164 valence electrons. The van der Waals surface area contributed by atoms with Gasteiger partial charge in [0.1, 0.15) is 5.15 Å². The standard InChI is InChI=1S/C20H27ClN4O4S/c1-3-4-9-25-19(21)18(15(2)23-25)20(26)22-14-16-7-5-6-8-17(16)30(27,28)24-10-12-29-13-11-24/h5-8H,3-4,9-14H2,1-2H3,(H,22,26). The Bertz CT molecular complexity index is 1000. The minimum atomic E-state index is -3.67. The molecule has 0 unspecified atom stereocenters. The first kappa shape index (κ1) is 22.7. The van der Waals surface area contributed by atoms with E-state index in [1.807, 2.05) is 0 Å². The summed E-state index contributed by atoms with van der Waals surface area (Å²) in [6.45, 7) is 5.89. The second-order valence-electron chi connectivity index (χ2n) is 7.13. The van der Waals surface area contributed by atoms with Crippen molar-refractivity contribution in [2.24, 2.45) is 0 Å². The SMILES string of the molecule is CCCCn1nc(C)c(C(=O)NCc2ccccc2S(=O)(=O)N2CCOCC2)c1Cl. The minimum absolute atomic E-state index is 0.0640. The molecular formula is C20H27ClN4O4S. The van der Waals surface area contributed by atoms with E-state index in [4.69, 9.17) is 16.3 Å². The van der Waals surface area contributed by atoms with Gasteiger partial charge in [-0.3, -0.25) is 9.48 Å². The van der Waals surface area contributed by atoms with Gasteiger partial charge in [0.2, 0.25) is 10.0 Å². The summed E-state index contributed by atoms with van der Waals surface area (Å²) in [5, 5.41) is 7.45. The van der Waals surface area contributed by atoms with Crippen LogP contribution in [-0.4, -0.2) is 54.7 Å². The maximum Gasteiger partial charge on any atom is 0.256 e. The maximum atomic E-state index is 13.1. The summed E-state index contributed by atoms with van der Waals surface area (Å²) in [5.41, 5.74) is 1.38. The van der Waals surface area contributed by atoms with Gasteiger partial charge >= 0.3 is 0 Å². The second kappa shape index (κ2) is 9.91. The number of sulfonamides is 1. The smallest absolute Gasteiger partial charge is 0.256 e. The zero-order valence-corrected chi connectivity index (χ0v) is 18.8. The number of nitrogens with zero attached hydrogens (tertiary/aromatic N) is 3. The molecule has 2 aromatic rings. The Kier molecular flexibility index (Phi) is 7.51. The van der Waals surface area contributed by atoms with Crippen LogP contribution in [-0.2, 0) is 27.8 Å². The summed E-state index contributed by atoms with van der Waals surface area (Å²) in [5.74, 6) is -0.376. The Balaban J connectivity index is 1.77. The van der Waals surface area contributed by atoms with Crippen molar-refractivity contribution in [1.29, 1.82) is 0 Å². The molecule has 1 aliphatic rings. The van der Waals surface area contributed by atoms with Crippen LogP contribution in [0.5, 0.6) is 0 Å². The zero-order chi connectivity index (χ0) is 21.7. The van der Waals surface area contributed by atoms with E-state index >= 15 is 0 Å². The van der Waals surface area contributed by atoms with Crippen LogP contribution in [0.2, 0.25) is 5.15 Å². The van der Waals surface area contributed by atoms with Crippen LogP contribution in [0.3, 0.4) is 0 Å². The molecule has 8 nitrogen and oxygen atoms in total. The quantitative estimate of drug-likeness (QED) is 0.661. The van der Waals surface area contributed by atoms with Gasteiger partial charge in [0, 0.05) is 26.2 Å². The van der Waals surface area contributed by atoms with Gasteiger partial charge in [-0.25, -0.2) is 8.42 Å². The number of halogens is 1. The van der Waals surface area contributed by atoms with E-state index in [2.05, 4.69) is 17.3 Å². The van der Waals surface area contributed by atoms with Crippen molar-refractivity contribution in [2.45, 2.75) is 44.7 Å². The second-order valence-corrected chi connectivity index (χ2v) is 9.40. The summed E-state index contributed by atoms with van der Waals surface area (Å²) in [4.78, 5) is 13.0. The third-order valence-electron chi connectivity index (χ3n) is 5.02. The third-order valence-corrected chi connectivity index (χ3v) is 7.40. The van der Waals surface area contributed by atoms with Gasteiger partial charge in [0.25, 0.3) is 5.91 Å². The Morgan fingerprint density at radius 2 is 1.97 bits per heavy atom. The number of benzene rings is 1. The monoisotopic (exact) mass is 454 g/mol. The van der Waals surface area contributed by atoms with Crippen LogP contribution in [0.15, 0.2) is 29.2 Å². The minimum Gasteiger partial charge on any atom is -0.379 e. The summed E-state index contributed by atoms with van der Waals surface area (Å²) >= 11 is 6.37. The predicted molar refractivity (Wildman–Crippen MR) is 114 cm³/mol.